The van der Waals surface area contributed by atoms with Gasteiger partial charge in [0.15, 0.2) is 0 Å². The molecule has 0 aliphatic rings. The van der Waals surface area contributed by atoms with Gasteiger partial charge >= 0.3 is 0 Å². The molecule has 0 aliphatic heterocycles. The second-order valence-corrected chi connectivity index (χ2v) is 6.33. The SMILES string of the molecule is Cc1ccc2nc(CSCC(=O)NCC(C)CN)cn2c1.Cl.Cl. The first-order valence-corrected chi connectivity index (χ1v) is 8.22. The lowest BCUT2D eigenvalue weighted by atomic mass is 10.2. The van der Waals surface area contributed by atoms with Gasteiger partial charge in [0.25, 0.3) is 0 Å². The molecule has 1 atom stereocenters. The van der Waals surface area contributed by atoms with Gasteiger partial charge in [-0.2, -0.15) is 0 Å². The van der Waals surface area contributed by atoms with E-state index in [1.807, 2.05) is 29.7 Å². The van der Waals surface area contributed by atoms with Crippen LogP contribution in [0.5, 0.6) is 0 Å². The number of hydrogen-bond acceptors (Lipinski definition) is 4. The van der Waals surface area contributed by atoms with Crippen molar-refractivity contribution in [3.63, 3.8) is 0 Å². The Hall–Kier alpha value is -0.950. The van der Waals surface area contributed by atoms with Crippen LogP contribution in [0.25, 0.3) is 5.65 Å². The number of aryl methyl sites for hydroxylation is 1. The van der Waals surface area contributed by atoms with Gasteiger partial charge in [-0.25, -0.2) is 4.98 Å². The molecule has 5 nitrogen and oxygen atoms in total. The van der Waals surface area contributed by atoms with Crippen molar-refractivity contribution < 1.29 is 4.79 Å². The van der Waals surface area contributed by atoms with Crippen molar-refractivity contribution in [2.45, 2.75) is 19.6 Å². The van der Waals surface area contributed by atoms with Crippen LogP contribution in [0.2, 0.25) is 0 Å². The maximum atomic E-state index is 11.7. The zero-order chi connectivity index (χ0) is 15.2. The Morgan fingerprint density at radius 3 is 2.83 bits per heavy atom. The van der Waals surface area contributed by atoms with Gasteiger partial charge in [0.1, 0.15) is 5.65 Å². The third kappa shape index (κ3) is 6.99. The number of nitrogens with zero attached hydrogens (tertiary/aromatic N) is 2. The number of halogens is 2. The maximum absolute atomic E-state index is 11.7. The highest BCUT2D eigenvalue weighted by Gasteiger charge is 2.06. The molecule has 0 spiro atoms. The summed E-state index contributed by atoms with van der Waals surface area (Å²) in [5, 5.41) is 2.89. The molecule has 0 radical (unpaired) electrons. The highest BCUT2D eigenvalue weighted by molar-refractivity contribution is 7.99. The van der Waals surface area contributed by atoms with E-state index in [0.29, 0.717) is 24.8 Å². The van der Waals surface area contributed by atoms with E-state index in [2.05, 4.69) is 23.4 Å². The normalized spacial score (nSPS) is 11.4. The van der Waals surface area contributed by atoms with Gasteiger partial charge in [0.05, 0.1) is 11.4 Å². The molecule has 0 fully saturated rings. The molecule has 8 heteroatoms. The van der Waals surface area contributed by atoms with Crippen molar-refractivity contribution in [3.05, 3.63) is 35.8 Å². The first-order chi connectivity index (χ1) is 10.1. The molecule has 2 rings (SSSR count). The number of amides is 1. The standard InChI is InChI=1S/C15H22N4OS.2ClH/c1-11-3-4-14-18-13(8-19(14)7-11)9-21-10-15(20)17-6-12(2)5-16;;/h3-4,7-8,12H,5-6,9-10,16H2,1-2H3,(H,17,20);2*1H. The van der Waals surface area contributed by atoms with Crippen molar-refractivity contribution in [1.29, 1.82) is 0 Å². The lowest BCUT2D eigenvalue weighted by Crippen LogP contribution is -2.32. The molecule has 130 valence electrons. The number of aromatic nitrogens is 2. The van der Waals surface area contributed by atoms with Gasteiger partial charge in [0.2, 0.25) is 5.91 Å². The lowest BCUT2D eigenvalue weighted by Gasteiger charge is -2.09. The number of thioether (sulfide) groups is 1. The van der Waals surface area contributed by atoms with Crippen LogP contribution in [0.3, 0.4) is 0 Å². The fourth-order valence-electron chi connectivity index (χ4n) is 1.90. The van der Waals surface area contributed by atoms with E-state index in [-0.39, 0.29) is 30.7 Å². The van der Waals surface area contributed by atoms with Crippen molar-refractivity contribution >= 4 is 48.1 Å². The van der Waals surface area contributed by atoms with Crippen LogP contribution < -0.4 is 11.1 Å². The lowest BCUT2D eigenvalue weighted by molar-refractivity contribution is -0.118. The van der Waals surface area contributed by atoms with Gasteiger partial charge in [-0.1, -0.05) is 13.0 Å². The van der Waals surface area contributed by atoms with Crippen LogP contribution in [-0.4, -0.2) is 34.1 Å². The van der Waals surface area contributed by atoms with E-state index >= 15 is 0 Å². The molecular weight excluding hydrogens is 355 g/mol. The maximum Gasteiger partial charge on any atom is 0.230 e. The third-order valence-corrected chi connectivity index (χ3v) is 4.15. The Morgan fingerprint density at radius 1 is 1.39 bits per heavy atom. The predicted octanol–water partition coefficient (Wildman–Crippen LogP) is 2.43. The van der Waals surface area contributed by atoms with Gasteiger partial charge in [-0.3, -0.25) is 4.79 Å². The van der Waals surface area contributed by atoms with Crippen LogP contribution in [0.1, 0.15) is 18.2 Å². The van der Waals surface area contributed by atoms with Crippen LogP contribution in [-0.2, 0) is 10.5 Å². The molecule has 1 amide bonds. The zero-order valence-corrected chi connectivity index (χ0v) is 15.8. The molecule has 1 unspecified atom stereocenters. The summed E-state index contributed by atoms with van der Waals surface area (Å²) in [7, 11) is 0. The molecule has 3 N–H and O–H groups in total. The first kappa shape index (κ1) is 22.1. The summed E-state index contributed by atoms with van der Waals surface area (Å²) in [6.07, 6.45) is 4.07. The highest BCUT2D eigenvalue weighted by atomic mass is 35.5. The molecular formula is C15H24Cl2N4OS. The highest BCUT2D eigenvalue weighted by Crippen LogP contribution is 2.13. The second-order valence-electron chi connectivity index (χ2n) is 5.34. The van der Waals surface area contributed by atoms with Crippen LogP contribution >= 0.6 is 36.6 Å². The Bertz CT molecular complexity index is 621. The molecule has 0 aliphatic carbocycles. The van der Waals surface area contributed by atoms with E-state index in [4.69, 9.17) is 5.73 Å². The summed E-state index contributed by atoms with van der Waals surface area (Å²) >= 11 is 1.57. The summed E-state index contributed by atoms with van der Waals surface area (Å²) in [5.41, 5.74) is 8.65. The number of carbonyl (C=O) groups is 1. The van der Waals surface area contributed by atoms with Crippen LogP contribution in [0.15, 0.2) is 24.5 Å². The average Bonchev–Trinajstić information content (AvgIpc) is 2.86. The Morgan fingerprint density at radius 2 is 2.13 bits per heavy atom. The number of pyridine rings is 1. The topological polar surface area (TPSA) is 72.4 Å². The minimum absolute atomic E-state index is 0. The number of nitrogens with one attached hydrogen (secondary N) is 1. The van der Waals surface area contributed by atoms with Crippen molar-refractivity contribution in [3.8, 4) is 0 Å². The fourth-order valence-corrected chi connectivity index (χ4v) is 2.63. The number of rotatable bonds is 7. The van der Waals surface area contributed by atoms with Gasteiger partial charge in [-0.05, 0) is 31.0 Å². The molecule has 2 aromatic rings. The number of carbonyl (C=O) groups excluding carboxylic acids is 1. The average molecular weight is 379 g/mol. The van der Waals surface area contributed by atoms with Crippen LogP contribution in [0.4, 0.5) is 0 Å². The first-order valence-electron chi connectivity index (χ1n) is 7.07. The van der Waals surface area contributed by atoms with Gasteiger partial charge in [0, 0.05) is 24.7 Å². The molecule has 0 saturated carbocycles. The van der Waals surface area contributed by atoms with Crippen molar-refractivity contribution in [2.24, 2.45) is 11.7 Å². The molecule has 2 heterocycles. The van der Waals surface area contributed by atoms with Gasteiger partial charge in [-0.15, -0.1) is 36.6 Å². The van der Waals surface area contributed by atoms with E-state index in [1.54, 1.807) is 11.8 Å². The number of imidazole rings is 1. The molecule has 2 aromatic heterocycles. The van der Waals surface area contributed by atoms with Crippen molar-refractivity contribution in [2.75, 3.05) is 18.8 Å². The minimum Gasteiger partial charge on any atom is -0.355 e. The quantitative estimate of drug-likeness (QED) is 0.775. The third-order valence-electron chi connectivity index (χ3n) is 3.18. The second kappa shape index (κ2) is 10.8. The Labute approximate surface area is 153 Å². The summed E-state index contributed by atoms with van der Waals surface area (Å²) < 4.78 is 2.02. The summed E-state index contributed by atoms with van der Waals surface area (Å²) in [6, 6.07) is 4.05. The van der Waals surface area contributed by atoms with Crippen molar-refractivity contribution in [1.82, 2.24) is 14.7 Å². The molecule has 0 aromatic carbocycles. The Balaban J connectivity index is 0.00000242. The van der Waals surface area contributed by atoms with Crippen LogP contribution in [0, 0.1) is 12.8 Å². The van der Waals surface area contributed by atoms with Gasteiger partial charge < -0.3 is 15.5 Å². The molecule has 23 heavy (non-hydrogen) atoms. The summed E-state index contributed by atoms with van der Waals surface area (Å²) in [6.45, 7) is 5.31. The van der Waals surface area contributed by atoms with E-state index < -0.39 is 0 Å². The van der Waals surface area contributed by atoms with E-state index in [9.17, 15) is 4.79 Å². The summed E-state index contributed by atoms with van der Waals surface area (Å²) in [5.74, 6) is 1.56. The summed E-state index contributed by atoms with van der Waals surface area (Å²) in [4.78, 5) is 16.2. The monoisotopic (exact) mass is 378 g/mol. The number of fused-ring (bicyclic) bond motifs is 1. The largest absolute Gasteiger partial charge is 0.355 e. The number of hydrogen-bond donors (Lipinski definition) is 2. The van der Waals surface area contributed by atoms with E-state index in [0.717, 1.165) is 17.1 Å². The smallest absolute Gasteiger partial charge is 0.230 e. The number of nitrogens with two attached hydrogens (primary N) is 1. The fraction of sp³-hybridized carbons (Fsp3) is 0.467. The van der Waals surface area contributed by atoms with E-state index in [1.165, 1.54) is 5.56 Å². The molecule has 0 saturated heterocycles. The Kier molecular flexibility index (Phi) is 10.3. The minimum atomic E-state index is 0. The zero-order valence-electron chi connectivity index (χ0n) is 13.3. The molecule has 0 bridgehead atoms. The predicted molar refractivity (Wildman–Crippen MR) is 102 cm³/mol.